The van der Waals surface area contributed by atoms with E-state index in [-0.39, 0.29) is 17.2 Å². The van der Waals surface area contributed by atoms with Gasteiger partial charge < -0.3 is 15.2 Å². The average Bonchev–Trinajstić information content (AvgIpc) is 2.48. The number of aromatic nitrogens is 1. The summed E-state index contributed by atoms with van der Waals surface area (Å²) in [5, 5.41) is 11.6. The van der Waals surface area contributed by atoms with Gasteiger partial charge in [0.1, 0.15) is 17.2 Å². The van der Waals surface area contributed by atoms with Gasteiger partial charge in [-0.2, -0.15) is 0 Å². The molecule has 0 aliphatic carbocycles. The van der Waals surface area contributed by atoms with E-state index in [1.165, 1.54) is 25.4 Å². The Labute approximate surface area is 121 Å². The molecule has 21 heavy (non-hydrogen) atoms. The lowest BCUT2D eigenvalue weighted by Gasteiger charge is -2.11. The zero-order chi connectivity index (χ0) is 15.4. The largest absolute Gasteiger partial charge is 0.478 e. The Morgan fingerprint density at radius 1 is 1.29 bits per heavy atom. The number of carbonyl (C=O) groups excluding carboxylic acids is 1. The molecule has 0 fully saturated rings. The molecule has 6 nitrogen and oxygen atoms in total. The molecule has 1 aromatic carbocycles. The third-order valence-electron chi connectivity index (χ3n) is 2.93. The van der Waals surface area contributed by atoms with E-state index < -0.39 is 5.97 Å². The SMILES string of the molecule is CNC(=O)c1cc(Oc2cccc(C(=O)O)c2C)ccn1. The van der Waals surface area contributed by atoms with Gasteiger partial charge in [0.25, 0.3) is 5.91 Å². The molecule has 0 radical (unpaired) electrons. The smallest absolute Gasteiger partial charge is 0.336 e. The molecular weight excluding hydrogens is 272 g/mol. The van der Waals surface area contributed by atoms with E-state index >= 15 is 0 Å². The molecule has 1 amide bonds. The second-order valence-electron chi connectivity index (χ2n) is 4.29. The van der Waals surface area contributed by atoms with Crippen molar-refractivity contribution >= 4 is 11.9 Å². The van der Waals surface area contributed by atoms with Crippen LogP contribution in [-0.4, -0.2) is 29.0 Å². The maximum absolute atomic E-state index is 11.5. The highest BCUT2D eigenvalue weighted by Crippen LogP contribution is 2.27. The van der Waals surface area contributed by atoms with E-state index in [9.17, 15) is 9.59 Å². The molecule has 108 valence electrons. The summed E-state index contributed by atoms with van der Waals surface area (Å²) >= 11 is 0. The minimum absolute atomic E-state index is 0.174. The Hall–Kier alpha value is -2.89. The number of benzene rings is 1. The van der Waals surface area contributed by atoms with Gasteiger partial charge in [0, 0.05) is 24.9 Å². The number of aromatic carboxylic acids is 1. The zero-order valence-electron chi connectivity index (χ0n) is 11.6. The molecule has 0 bridgehead atoms. The van der Waals surface area contributed by atoms with Crippen molar-refractivity contribution in [2.24, 2.45) is 0 Å². The van der Waals surface area contributed by atoms with E-state index in [0.717, 1.165) is 0 Å². The summed E-state index contributed by atoms with van der Waals surface area (Å²) in [6.45, 7) is 1.67. The molecule has 0 saturated heterocycles. The van der Waals surface area contributed by atoms with Gasteiger partial charge in [-0.25, -0.2) is 4.79 Å². The Bertz CT molecular complexity index is 698. The number of nitrogens with zero attached hydrogens (tertiary/aromatic N) is 1. The lowest BCUT2D eigenvalue weighted by Crippen LogP contribution is -2.18. The maximum atomic E-state index is 11.5. The molecule has 0 aliphatic rings. The third-order valence-corrected chi connectivity index (χ3v) is 2.93. The first-order chi connectivity index (χ1) is 10.0. The number of amides is 1. The molecule has 0 saturated carbocycles. The molecule has 0 aliphatic heterocycles. The fraction of sp³-hybridized carbons (Fsp3) is 0.133. The predicted octanol–water partition coefficient (Wildman–Crippen LogP) is 2.24. The van der Waals surface area contributed by atoms with Crippen LogP contribution in [0.3, 0.4) is 0 Å². The third kappa shape index (κ3) is 3.17. The van der Waals surface area contributed by atoms with Crippen molar-refractivity contribution in [2.45, 2.75) is 6.92 Å². The van der Waals surface area contributed by atoms with Crippen LogP contribution in [0.1, 0.15) is 26.4 Å². The number of carboxylic acid groups (broad SMARTS) is 1. The van der Waals surface area contributed by atoms with Gasteiger partial charge in [-0.3, -0.25) is 9.78 Å². The normalized spacial score (nSPS) is 10.0. The van der Waals surface area contributed by atoms with Crippen LogP contribution in [0.15, 0.2) is 36.5 Å². The van der Waals surface area contributed by atoms with Gasteiger partial charge in [-0.1, -0.05) is 6.07 Å². The number of pyridine rings is 1. The van der Waals surface area contributed by atoms with Crippen molar-refractivity contribution in [3.05, 3.63) is 53.3 Å². The number of nitrogens with one attached hydrogen (secondary N) is 1. The van der Waals surface area contributed by atoms with Crippen LogP contribution in [0, 0.1) is 6.92 Å². The van der Waals surface area contributed by atoms with Crippen LogP contribution in [0.4, 0.5) is 0 Å². The highest BCUT2D eigenvalue weighted by Gasteiger charge is 2.12. The molecule has 2 rings (SSSR count). The Morgan fingerprint density at radius 3 is 2.71 bits per heavy atom. The van der Waals surface area contributed by atoms with E-state index in [1.807, 2.05) is 0 Å². The van der Waals surface area contributed by atoms with E-state index in [0.29, 0.717) is 17.1 Å². The molecule has 0 atom stereocenters. The first-order valence-electron chi connectivity index (χ1n) is 6.22. The molecule has 1 heterocycles. The number of carbonyl (C=O) groups is 2. The van der Waals surface area contributed by atoms with Crippen molar-refractivity contribution in [2.75, 3.05) is 7.05 Å². The van der Waals surface area contributed by atoms with Gasteiger partial charge in [-0.05, 0) is 25.1 Å². The highest BCUT2D eigenvalue weighted by atomic mass is 16.5. The quantitative estimate of drug-likeness (QED) is 0.899. The predicted molar refractivity (Wildman–Crippen MR) is 75.8 cm³/mol. The lowest BCUT2D eigenvalue weighted by molar-refractivity contribution is 0.0695. The monoisotopic (exact) mass is 286 g/mol. The van der Waals surface area contributed by atoms with Crippen LogP contribution in [0.5, 0.6) is 11.5 Å². The summed E-state index contributed by atoms with van der Waals surface area (Å²) < 4.78 is 5.65. The maximum Gasteiger partial charge on any atom is 0.336 e. The van der Waals surface area contributed by atoms with Crippen LogP contribution >= 0.6 is 0 Å². The van der Waals surface area contributed by atoms with Crippen LogP contribution < -0.4 is 10.1 Å². The number of hydrogen-bond donors (Lipinski definition) is 2. The Balaban J connectivity index is 2.33. The lowest BCUT2D eigenvalue weighted by atomic mass is 10.1. The minimum Gasteiger partial charge on any atom is -0.478 e. The van der Waals surface area contributed by atoms with Gasteiger partial charge in [0.15, 0.2) is 0 Å². The zero-order valence-corrected chi connectivity index (χ0v) is 11.6. The van der Waals surface area contributed by atoms with Crippen molar-refractivity contribution < 1.29 is 19.4 Å². The van der Waals surface area contributed by atoms with Crippen molar-refractivity contribution in [1.29, 1.82) is 0 Å². The summed E-state index contributed by atoms with van der Waals surface area (Å²) in [5.74, 6) is -0.506. The summed E-state index contributed by atoms with van der Waals surface area (Å²) in [6.07, 6.45) is 1.45. The molecule has 2 N–H and O–H groups in total. The average molecular weight is 286 g/mol. The fourth-order valence-corrected chi connectivity index (χ4v) is 1.81. The molecule has 0 unspecified atom stereocenters. The summed E-state index contributed by atoms with van der Waals surface area (Å²) in [7, 11) is 1.51. The van der Waals surface area contributed by atoms with Crippen LogP contribution in [0.25, 0.3) is 0 Å². The molecule has 1 aromatic heterocycles. The van der Waals surface area contributed by atoms with E-state index in [4.69, 9.17) is 9.84 Å². The molecular formula is C15H14N2O4. The number of ether oxygens (including phenoxy) is 1. The summed E-state index contributed by atoms with van der Waals surface area (Å²) in [6, 6.07) is 7.87. The van der Waals surface area contributed by atoms with E-state index in [2.05, 4.69) is 10.3 Å². The first-order valence-corrected chi connectivity index (χ1v) is 6.22. The minimum atomic E-state index is -1.02. The van der Waals surface area contributed by atoms with Crippen molar-refractivity contribution in [3.63, 3.8) is 0 Å². The molecule has 2 aromatic rings. The second kappa shape index (κ2) is 6.04. The second-order valence-corrected chi connectivity index (χ2v) is 4.29. The highest BCUT2D eigenvalue weighted by molar-refractivity contribution is 5.92. The molecule has 0 spiro atoms. The van der Waals surface area contributed by atoms with Crippen molar-refractivity contribution in [3.8, 4) is 11.5 Å². The van der Waals surface area contributed by atoms with Gasteiger partial charge in [0.2, 0.25) is 0 Å². The standard InChI is InChI=1S/C15H14N2O4/c1-9-11(15(19)20)4-3-5-13(9)21-10-6-7-17-12(8-10)14(18)16-2/h3-8H,1-2H3,(H,16,18)(H,19,20). The van der Waals surface area contributed by atoms with Gasteiger partial charge in [-0.15, -0.1) is 0 Å². The summed E-state index contributed by atoms with van der Waals surface area (Å²) in [4.78, 5) is 26.5. The first kappa shape index (κ1) is 14.5. The Kier molecular flexibility index (Phi) is 4.18. The van der Waals surface area contributed by atoms with Crippen molar-refractivity contribution in [1.82, 2.24) is 10.3 Å². The number of hydrogen-bond acceptors (Lipinski definition) is 4. The van der Waals surface area contributed by atoms with E-state index in [1.54, 1.807) is 25.1 Å². The van der Waals surface area contributed by atoms with Gasteiger partial charge >= 0.3 is 5.97 Å². The van der Waals surface area contributed by atoms with Crippen LogP contribution in [-0.2, 0) is 0 Å². The van der Waals surface area contributed by atoms with Crippen LogP contribution in [0.2, 0.25) is 0 Å². The topological polar surface area (TPSA) is 88.5 Å². The molecule has 6 heteroatoms. The van der Waals surface area contributed by atoms with Gasteiger partial charge in [0.05, 0.1) is 5.56 Å². The number of rotatable bonds is 4. The Morgan fingerprint density at radius 2 is 2.05 bits per heavy atom. The number of carboxylic acids is 1. The fourth-order valence-electron chi connectivity index (χ4n) is 1.81. The summed E-state index contributed by atoms with van der Waals surface area (Å²) in [5.41, 5.74) is 0.915.